The number of amides is 1. The lowest BCUT2D eigenvalue weighted by atomic mass is 10.2. The molecule has 11 heteroatoms. The van der Waals surface area contributed by atoms with Gasteiger partial charge >= 0.3 is 0 Å². The Morgan fingerprint density at radius 3 is 2.63 bits per heavy atom. The van der Waals surface area contributed by atoms with Gasteiger partial charge in [0.1, 0.15) is 22.6 Å². The number of fused-ring (bicyclic) bond motifs is 1. The first-order valence-electron chi connectivity index (χ1n) is 11.4. The van der Waals surface area contributed by atoms with Gasteiger partial charge in [0.2, 0.25) is 0 Å². The molecule has 0 saturated carbocycles. The highest BCUT2D eigenvalue weighted by molar-refractivity contribution is 14.1. The zero-order chi connectivity index (χ0) is 26.8. The molecule has 0 unspecified atom stereocenters. The third-order valence-electron chi connectivity index (χ3n) is 5.54. The van der Waals surface area contributed by atoms with Gasteiger partial charge in [0.15, 0.2) is 17.3 Å². The lowest BCUT2D eigenvalue weighted by molar-refractivity contribution is 0.102. The van der Waals surface area contributed by atoms with Crippen LogP contribution in [0.4, 0.5) is 14.5 Å². The zero-order valence-corrected chi connectivity index (χ0v) is 22.0. The molecule has 0 spiro atoms. The second-order valence-electron chi connectivity index (χ2n) is 8.00. The van der Waals surface area contributed by atoms with Gasteiger partial charge in [-0.3, -0.25) is 14.2 Å². The van der Waals surface area contributed by atoms with Crippen LogP contribution >= 0.6 is 22.6 Å². The van der Waals surface area contributed by atoms with E-state index in [4.69, 9.17) is 9.47 Å². The summed E-state index contributed by atoms with van der Waals surface area (Å²) in [5.41, 5.74) is -0.00110. The number of nitrogens with one attached hydrogen (secondary N) is 1. The van der Waals surface area contributed by atoms with Gasteiger partial charge in [-0.05, 0) is 72.0 Å². The maximum Gasteiger partial charge on any atom is 0.271 e. The molecule has 3 heterocycles. The van der Waals surface area contributed by atoms with Crippen LogP contribution in [0.2, 0.25) is 0 Å². The van der Waals surface area contributed by atoms with Gasteiger partial charge in [0.05, 0.1) is 18.5 Å². The fourth-order valence-corrected chi connectivity index (χ4v) is 4.54. The van der Waals surface area contributed by atoms with E-state index in [1.807, 2.05) is 6.07 Å². The van der Waals surface area contributed by atoms with Crippen LogP contribution in [-0.4, -0.2) is 26.7 Å². The van der Waals surface area contributed by atoms with Crippen LogP contribution < -0.4 is 20.3 Å². The van der Waals surface area contributed by atoms with Crippen molar-refractivity contribution in [3.05, 3.63) is 110 Å². The smallest absolute Gasteiger partial charge is 0.271 e. The molecule has 0 aliphatic carbocycles. The van der Waals surface area contributed by atoms with E-state index < -0.39 is 23.1 Å². The lowest BCUT2D eigenvalue weighted by Gasteiger charge is -2.14. The predicted molar refractivity (Wildman–Crippen MR) is 146 cm³/mol. The zero-order valence-electron chi connectivity index (χ0n) is 19.8. The summed E-state index contributed by atoms with van der Waals surface area (Å²) < 4.78 is 43.7. The number of ether oxygens (including phenoxy) is 2. The summed E-state index contributed by atoms with van der Waals surface area (Å²) in [6.45, 7) is 1.91. The average Bonchev–Trinajstić information content (AvgIpc) is 3.27. The minimum atomic E-state index is -0.809. The second kappa shape index (κ2) is 10.6. The first kappa shape index (κ1) is 25.4. The summed E-state index contributed by atoms with van der Waals surface area (Å²) in [4.78, 5) is 26.4. The van der Waals surface area contributed by atoms with E-state index in [2.05, 4.69) is 33.0 Å². The summed E-state index contributed by atoms with van der Waals surface area (Å²) in [6, 6.07) is 14.2. The van der Waals surface area contributed by atoms with E-state index in [-0.39, 0.29) is 35.0 Å². The van der Waals surface area contributed by atoms with Crippen molar-refractivity contribution in [1.29, 1.82) is 0 Å². The first-order chi connectivity index (χ1) is 18.4. The third-order valence-corrected chi connectivity index (χ3v) is 6.42. The van der Waals surface area contributed by atoms with Gasteiger partial charge in [0.25, 0.3) is 11.5 Å². The van der Waals surface area contributed by atoms with E-state index >= 15 is 0 Å². The van der Waals surface area contributed by atoms with Gasteiger partial charge in [-0.2, -0.15) is 5.10 Å². The van der Waals surface area contributed by atoms with Crippen molar-refractivity contribution in [3.63, 3.8) is 0 Å². The van der Waals surface area contributed by atoms with E-state index in [9.17, 15) is 18.4 Å². The number of anilines is 1. The highest BCUT2D eigenvalue weighted by Gasteiger charge is 2.21. The van der Waals surface area contributed by atoms with Crippen LogP contribution in [0.3, 0.4) is 0 Å². The minimum absolute atomic E-state index is 0.0478. The molecule has 192 valence electrons. The molecule has 1 N–H and O–H groups in total. The summed E-state index contributed by atoms with van der Waals surface area (Å²) >= 11 is 2.13. The SMILES string of the molecule is CCOc1ccn(-c2cccc(F)c2)c(=O)c1C(=O)Nc1ccc(Oc2ccnn3ccc(I)c23)c(F)c1. The van der Waals surface area contributed by atoms with Gasteiger partial charge in [-0.25, -0.2) is 13.3 Å². The topological polar surface area (TPSA) is 86.9 Å². The molecular formula is C27H19F2IN4O4. The number of halogens is 3. The lowest BCUT2D eigenvalue weighted by Crippen LogP contribution is -2.29. The number of aromatic nitrogens is 3. The Balaban J connectivity index is 1.44. The molecule has 0 saturated heterocycles. The number of hydrogen-bond acceptors (Lipinski definition) is 5. The molecule has 0 atom stereocenters. The van der Waals surface area contributed by atoms with Crippen molar-refractivity contribution in [2.45, 2.75) is 6.92 Å². The third kappa shape index (κ3) is 4.96. The minimum Gasteiger partial charge on any atom is -0.493 e. The van der Waals surface area contributed by atoms with E-state index in [1.165, 1.54) is 54.9 Å². The quantitative estimate of drug-likeness (QED) is 0.230. The van der Waals surface area contributed by atoms with Crippen molar-refractivity contribution in [2.24, 2.45) is 0 Å². The Labute approximate surface area is 228 Å². The van der Waals surface area contributed by atoms with Crippen LogP contribution in [-0.2, 0) is 0 Å². The summed E-state index contributed by atoms with van der Waals surface area (Å²) in [7, 11) is 0. The van der Waals surface area contributed by atoms with Crippen LogP contribution in [0.1, 0.15) is 17.3 Å². The molecular weight excluding hydrogens is 609 g/mol. The number of benzene rings is 2. The number of carbonyl (C=O) groups excluding carboxylic acids is 1. The normalized spacial score (nSPS) is 10.9. The Morgan fingerprint density at radius 2 is 1.87 bits per heavy atom. The molecule has 5 aromatic rings. The number of rotatable bonds is 7. The van der Waals surface area contributed by atoms with Gasteiger partial charge in [0, 0.05) is 33.8 Å². The number of hydrogen-bond donors (Lipinski definition) is 1. The van der Waals surface area contributed by atoms with Gasteiger partial charge in [-0.15, -0.1) is 0 Å². The van der Waals surface area contributed by atoms with Crippen molar-refractivity contribution in [3.8, 4) is 22.9 Å². The number of pyridine rings is 1. The number of nitrogens with zero attached hydrogens (tertiary/aromatic N) is 3. The second-order valence-corrected chi connectivity index (χ2v) is 9.16. The standard InChI is InChI=1S/C27H19F2IN4O4/c1-2-37-22-10-12-33(18-5-3-4-16(28)14-18)27(36)24(22)26(35)32-17-6-7-21(19(29)15-17)38-23-8-11-31-34-13-9-20(30)25(23)34/h3-15H,2H2,1H3,(H,32,35). The van der Waals surface area contributed by atoms with Gasteiger partial charge in [-0.1, -0.05) is 6.07 Å². The first-order valence-corrected chi connectivity index (χ1v) is 12.5. The van der Waals surface area contributed by atoms with E-state index in [0.717, 1.165) is 14.2 Å². The molecule has 3 aromatic heterocycles. The average molecular weight is 628 g/mol. The van der Waals surface area contributed by atoms with Crippen LogP contribution in [0.5, 0.6) is 17.2 Å². The Morgan fingerprint density at radius 1 is 1.03 bits per heavy atom. The molecule has 0 radical (unpaired) electrons. The van der Waals surface area contributed by atoms with E-state index in [1.54, 1.807) is 23.7 Å². The largest absolute Gasteiger partial charge is 0.493 e. The van der Waals surface area contributed by atoms with Crippen molar-refractivity contribution >= 4 is 39.7 Å². The molecule has 0 bridgehead atoms. The van der Waals surface area contributed by atoms with Crippen LogP contribution in [0.15, 0.2) is 84.0 Å². The van der Waals surface area contributed by atoms with E-state index in [0.29, 0.717) is 11.3 Å². The molecule has 5 rings (SSSR count). The molecule has 0 aliphatic heterocycles. The fourth-order valence-electron chi connectivity index (χ4n) is 3.87. The van der Waals surface area contributed by atoms with Crippen molar-refractivity contribution in [2.75, 3.05) is 11.9 Å². The highest BCUT2D eigenvalue weighted by atomic mass is 127. The molecule has 8 nitrogen and oxygen atoms in total. The molecule has 1 amide bonds. The van der Waals surface area contributed by atoms with Crippen LogP contribution in [0.25, 0.3) is 11.2 Å². The highest BCUT2D eigenvalue weighted by Crippen LogP contribution is 2.32. The molecule has 0 fully saturated rings. The molecule has 0 aliphatic rings. The monoisotopic (exact) mass is 628 g/mol. The molecule has 2 aromatic carbocycles. The maximum absolute atomic E-state index is 15.0. The maximum atomic E-state index is 15.0. The van der Waals surface area contributed by atoms with Crippen molar-refractivity contribution in [1.82, 2.24) is 14.2 Å². The Hall–Kier alpha value is -4.26. The Bertz CT molecular complexity index is 1730. The van der Waals surface area contributed by atoms with Crippen molar-refractivity contribution < 1.29 is 23.0 Å². The molecule has 38 heavy (non-hydrogen) atoms. The Kier molecular flexibility index (Phi) is 7.09. The summed E-state index contributed by atoms with van der Waals surface area (Å²) in [6.07, 6.45) is 4.70. The fraction of sp³-hybridized carbons (Fsp3) is 0.0741. The number of carbonyl (C=O) groups is 1. The van der Waals surface area contributed by atoms with Gasteiger partial charge < -0.3 is 14.8 Å². The predicted octanol–water partition coefficient (Wildman–Crippen LogP) is 5.81. The van der Waals surface area contributed by atoms with Crippen LogP contribution in [0, 0.1) is 15.2 Å². The summed E-state index contributed by atoms with van der Waals surface area (Å²) in [5.74, 6) is -1.67. The summed E-state index contributed by atoms with van der Waals surface area (Å²) in [5, 5.41) is 6.73.